The average molecular weight is 525 g/mol. The number of halogens is 7. The third-order valence-electron chi connectivity index (χ3n) is 5.64. The van der Waals surface area contributed by atoms with Crippen LogP contribution in [0.2, 0.25) is 10.0 Å². The first-order valence-electron chi connectivity index (χ1n) is 9.77. The van der Waals surface area contributed by atoms with E-state index in [1.165, 1.54) is 6.07 Å². The molecule has 2 aromatic rings. The van der Waals surface area contributed by atoms with Crippen LogP contribution in [-0.4, -0.2) is 16.0 Å². The fourth-order valence-corrected chi connectivity index (χ4v) is 5.21. The van der Waals surface area contributed by atoms with Crippen molar-refractivity contribution in [1.29, 1.82) is 0 Å². The van der Waals surface area contributed by atoms with Gasteiger partial charge in [0.2, 0.25) is 5.91 Å². The predicted molar refractivity (Wildman–Crippen MR) is 119 cm³/mol. The Balaban J connectivity index is 1.57. The number of carbonyl (C=O) groups excluding carboxylic acids is 2. The van der Waals surface area contributed by atoms with Gasteiger partial charge in [-0.25, -0.2) is 0 Å². The molecule has 0 saturated heterocycles. The average Bonchev–Trinajstić information content (AvgIpc) is 3.56. The molecular weight excluding hydrogens is 509 g/mol. The molecule has 2 aliphatic carbocycles. The van der Waals surface area contributed by atoms with Gasteiger partial charge in [0.15, 0.2) is 5.78 Å². The van der Waals surface area contributed by atoms with Gasteiger partial charge in [-0.1, -0.05) is 23.2 Å². The minimum absolute atomic E-state index is 0.0488. The molecule has 10 heteroatoms. The maximum atomic E-state index is 13.4. The van der Waals surface area contributed by atoms with Gasteiger partial charge < -0.3 is 5.32 Å². The van der Waals surface area contributed by atoms with Gasteiger partial charge in [-0.05, 0) is 60.7 Å². The highest BCUT2D eigenvalue weighted by atomic mass is 35.5. The smallest absolute Gasteiger partial charge is 0.326 e. The van der Waals surface area contributed by atoms with Gasteiger partial charge in [-0.15, -0.1) is 23.2 Å². The van der Waals surface area contributed by atoms with Crippen molar-refractivity contribution in [2.24, 2.45) is 11.8 Å². The van der Waals surface area contributed by atoms with Gasteiger partial charge in [0, 0.05) is 33.6 Å². The van der Waals surface area contributed by atoms with E-state index in [-0.39, 0.29) is 18.0 Å². The molecule has 1 N–H and O–H groups in total. The number of amides is 1. The van der Waals surface area contributed by atoms with E-state index < -0.39 is 45.2 Å². The van der Waals surface area contributed by atoms with Crippen molar-refractivity contribution in [1.82, 2.24) is 0 Å². The molecule has 2 fully saturated rings. The van der Waals surface area contributed by atoms with E-state index in [1.807, 2.05) is 0 Å². The van der Waals surface area contributed by atoms with Crippen LogP contribution in [0.15, 0.2) is 36.4 Å². The Morgan fingerprint density at radius 2 is 1.66 bits per heavy atom. The highest BCUT2D eigenvalue weighted by molar-refractivity contribution is 6.53. The van der Waals surface area contributed by atoms with Crippen molar-refractivity contribution in [3.63, 3.8) is 0 Å². The predicted octanol–water partition coefficient (Wildman–Crippen LogP) is 7.52. The Morgan fingerprint density at radius 1 is 1.03 bits per heavy atom. The molecule has 0 radical (unpaired) electrons. The van der Waals surface area contributed by atoms with E-state index in [4.69, 9.17) is 46.4 Å². The highest BCUT2D eigenvalue weighted by Crippen LogP contribution is 2.65. The van der Waals surface area contributed by atoms with Gasteiger partial charge in [0.05, 0.1) is 11.5 Å². The standard InChI is InChI=1S/C22H16Cl4F3NO2/c23-12-6-11(7-13(24)8-12)18-19(21(18,25)26)20(32)30-14-3-4-16(22(27,28)29)15(9-14)17(31)5-10-1-2-10/h3-4,6-10,18-19H,1-2,5H2,(H,30,32). The molecule has 2 unspecified atom stereocenters. The quantitative estimate of drug-likeness (QED) is 0.313. The van der Waals surface area contributed by atoms with Crippen LogP contribution < -0.4 is 5.32 Å². The third-order valence-corrected chi connectivity index (χ3v) is 7.02. The zero-order valence-corrected chi connectivity index (χ0v) is 19.3. The van der Waals surface area contributed by atoms with Gasteiger partial charge in [0.25, 0.3) is 0 Å². The summed E-state index contributed by atoms with van der Waals surface area (Å²) in [5.74, 6) is -2.55. The SMILES string of the molecule is O=C(CC1CC1)c1cc(NC(=O)C2C(c3cc(Cl)cc(Cl)c3)C2(Cl)Cl)ccc1C(F)(F)F. The Hall–Kier alpha value is -1.47. The second kappa shape index (κ2) is 8.39. The van der Waals surface area contributed by atoms with Gasteiger partial charge >= 0.3 is 6.18 Å². The van der Waals surface area contributed by atoms with Crippen LogP contribution in [0.5, 0.6) is 0 Å². The first-order valence-corrected chi connectivity index (χ1v) is 11.3. The molecule has 2 atom stereocenters. The summed E-state index contributed by atoms with van der Waals surface area (Å²) >= 11 is 24.7. The molecule has 2 aliphatic rings. The number of Topliss-reactive ketones (excluding diaryl/α,β-unsaturated/α-hetero) is 1. The fraction of sp³-hybridized carbons (Fsp3) is 0.364. The lowest BCUT2D eigenvalue weighted by Gasteiger charge is -2.14. The summed E-state index contributed by atoms with van der Waals surface area (Å²) in [4.78, 5) is 25.3. The Kier molecular flexibility index (Phi) is 6.21. The van der Waals surface area contributed by atoms with Crippen LogP contribution >= 0.6 is 46.4 Å². The molecule has 32 heavy (non-hydrogen) atoms. The van der Waals surface area contributed by atoms with Crippen molar-refractivity contribution < 1.29 is 22.8 Å². The fourth-order valence-electron chi connectivity index (χ4n) is 3.84. The van der Waals surface area contributed by atoms with Crippen LogP contribution in [0.3, 0.4) is 0 Å². The van der Waals surface area contributed by atoms with Crippen molar-refractivity contribution in [3.05, 3.63) is 63.1 Å². The second-order valence-electron chi connectivity index (χ2n) is 8.15. The summed E-state index contributed by atoms with van der Waals surface area (Å²) in [5, 5.41) is 3.24. The molecule has 170 valence electrons. The van der Waals surface area contributed by atoms with E-state index in [1.54, 1.807) is 12.1 Å². The first kappa shape index (κ1) is 23.7. The molecular formula is C22H16Cl4F3NO2. The zero-order chi connectivity index (χ0) is 23.4. The van der Waals surface area contributed by atoms with Crippen molar-refractivity contribution in [2.45, 2.75) is 35.7 Å². The molecule has 0 aromatic heterocycles. The number of hydrogen-bond acceptors (Lipinski definition) is 2. The molecule has 3 nitrogen and oxygen atoms in total. The Morgan fingerprint density at radius 3 is 2.22 bits per heavy atom. The lowest BCUT2D eigenvalue weighted by molar-refractivity contribution is -0.137. The van der Waals surface area contributed by atoms with Crippen molar-refractivity contribution in [2.75, 3.05) is 5.32 Å². The van der Waals surface area contributed by atoms with E-state index in [9.17, 15) is 22.8 Å². The number of ketones is 1. The summed E-state index contributed by atoms with van der Waals surface area (Å²) in [7, 11) is 0. The number of nitrogens with one attached hydrogen (secondary N) is 1. The number of hydrogen-bond donors (Lipinski definition) is 1. The molecule has 0 heterocycles. The van der Waals surface area contributed by atoms with Crippen LogP contribution in [0.1, 0.15) is 46.7 Å². The molecule has 2 aromatic carbocycles. The van der Waals surface area contributed by atoms with Crippen molar-refractivity contribution in [3.8, 4) is 0 Å². The number of anilines is 1. The summed E-state index contributed by atoms with van der Waals surface area (Å²) in [6.07, 6.45) is -2.99. The maximum absolute atomic E-state index is 13.4. The third kappa shape index (κ3) is 4.89. The van der Waals surface area contributed by atoms with Crippen LogP contribution in [0.25, 0.3) is 0 Å². The van der Waals surface area contributed by atoms with E-state index in [0.717, 1.165) is 31.0 Å². The largest absolute Gasteiger partial charge is 0.417 e. The molecule has 2 saturated carbocycles. The molecule has 0 aliphatic heterocycles. The Bertz CT molecular complexity index is 1080. The molecule has 0 spiro atoms. The van der Waals surface area contributed by atoms with E-state index in [2.05, 4.69) is 5.32 Å². The summed E-state index contributed by atoms with van der Waals surface area (Å²) < 4.78 is 38.8. The van der Waals surface area contributed by atoms with Gasteiger partial charge in [-0.2, -0.15) is 13.2 Å². The van der Waals surface area contributed by atoms with Gasteiger partial charge in [0.1, 0.15) is 4.33 Å². The number of alkyl halides is 5. The monoisotopic (exact) mass is 523 g/mol. The minimum atomic E-state index is -4.69. The van der Waals surface area contributed by atoms with E-state index in [0.29, 0.717) is 15.6 Å². The van der Waals surface area contributed by atoms with Crippen LogP contribution in [0.4, 0.5) is 18.9 Å². The molecule has 1 amide bonds. The summed E-state index contributed by atoms with van der Waals surface area (Å²) in [5.41, 5.74) is -0.858. The van der Waals surface area contributed by atoms with Crippen LogP contribution in [0, 0.1) is 11.8 Å². The molecule has 0 bridgehead atoms. The summed E-state index contributed by atoms with van der Waals surface area (Å²) in [6.45, 7) is 0. The summed E-state index contributed by atoms with van der Waals surface area (Å²) in [6, 6.07) is 7.67. The zero-order valence-electron chi connectivity index (χ0n) is 16.3. The highest BCUT2D eigenvalue weighted by Gasteiger charge is 2.67. The van der Waals surface area contributed by atoms with E-state index >= 15 is 0 Å². The maximum Gasteiger partial charge on any atom is 0.417 e. The first-order chi connectivity index (χ1) is 14.9. The second-order valence-corrected chi connectivity index (χ2v) is 10.5. The van der Waals surface area contributed by atoms with Crippen LogP contribution in [-0.2, 0) is 11.0 Å². The normalized spacial score (nSPS) is 21.8. The molecule has 4 rings (SSSR count). The number of benzene rings is 2. The minimum Gasteiger partial charge on any atom is -0.326 e. The lowest BCUT2D eigenvalue weighted by Crippen LogP contribution is -2.19. The topological polar surface area (TPSA) is 46.2 Å². The van der Waals surface area contributed by atoms with Gasteiger partial charge in [-0.3, -0.25) is 9.59 Å². The lowest BCUT2D eigenvalue weighted by atomic mass is 9.98. The Labute approximate surface area is 202 Å². The number of carbonyl (C=O) groups is 2. The van der Waals surface area contributed by atoms with Crippen molar-refractivity contribution >= 4 is 63.8 Å². The number of rotatable bonds is 6.